The Balaban J connectivity index is 1.80. The van der Waals surface area contributed by atoms with Crippen molar-refractivity contribution in [3.63, 3.8) is 0 Å². The molecule has 26 heavy (non-hydrogen) atoms. The Bertz CT molecular complexity index is 747. The van der Waals surface area contributed by atoms with Gasteiger partial charge in [0.1, 0.15) is 5.82 Å². The molecule has 1 heterocycles. The maximum absolute atomic E-state index is 14.0. The highest BCUT2D eigenvalue weighted by molar-refractivity contribution is 5.94. The number of halogens is 1. The Kier molecular flexibility index (Phi) is 6.01. The van der Waals surface area contributed by atoms with E-state index in [1.165, 1.54) is 6.07 Å². The molecule has 1 saturated heterocycles. The summed E-state index contributed by atoms with van der Waals surface area (Å²) in [7, 11) is 1.63. The second-order valence-electron chi connectivity index (χ2n) is 6.70. The van der Waals surface area contributed by atoms with Crippen LogP contribution in [0.3, 0.4) is 0 Å². The number of likely N-dealkylation sites (tertiary alicyclic amines) is 1. The molecule has 2 aromatic rings. The minimum absolute atomic E-state index is 0.131. The maximum Gasteiger partial charge on any atom is 0.254 e. The number of amides is 1. The van der Waals surface area contributed by atoms with Gasteiger partial charge in [-0.15, -0.1) is 0 Å². The fraction of sp³-hybridized carbons (Fsp3) is 0.381. The van der Waals surface area contributed by atoms with Crippen molar-refractivity contribution in [2.45, 2.75) is 38.0 Å². The molecule has 0 bridgehead atoms. The summed E-state index contributed by atoms with van der Waals surface area (Å²) in [5.74, 6) is -0.435. The van der Waals surface area contributed by atoms with E-state index in [1.54, 1.807) is 42.3 Å². The molecule has 1 amide bonds. The molecule has 1 fully saturated rings. The van der Waals surface area contributed by atoms with Crippen molar-refractivity contribution in [1.82, 2.24) is 4.90 Å². The minimum Gasteiger partial charge on any atom is -0.391 e. The van der Waals surface area contributed by atoms with E-state index in [-0.39, 0.29) is 11.7 Å². The lowest BCUT2D eigenvalue weighted by Gasteiger charge is -2.39. The van der Waals surface area contributed by atoms with E-state index in [4.69, 9.17) is 4.74 Å². The van der Waals surface area contributed by atoms with Crippen LogP contribution in [0, 0.1) is 5.82 Å². The molecule has 0 spiro atoms. The van der Waals surface area contributed by atoms with Crippen LogP contribution in [0.25, 0.3) is 0 Å². The zero-order chi connectivity index (χ0) is 18.5. The SMILES string of the molecule is COCc1ccc(C(=O)N2CCC[C@H](O)[C@@H]2Cc2ccccc2F)cc1. The number of carbonyl (C=O) groups is 1. The van der Waals surface area contributed by atoms with Crippen LogP contribution in [0.5, 0.6) is 0 Å². The molecule has 0 aliphatic carbocycles. The number of ether oxygens (including phenoxy) is 1. The molecule has 2 aromatic carbocycles. The molecule has 138 valence electrons. The van der Waals surface area contributed by atoms with Crippen molar-refractivity contribution in [2.24, 2.45) is 0 Å². The monoisotopic (exact) mass is 357 g/mol. The molecule has 1 N–H and O–H groups in total. The zero-order valence-electron chi connectivity index (χ0n) is 14.9. The molecule has 0 aromatic heterocycles. The first-order valence-electron chi connectivity index (χ1n) is 8.90. The smallest absolute Gasteiger partial charge is 0.254 e. The molecule has 2 atom stereocenters. The third kappa shape index (κ3) is 4.11. The summed E-state index contributed by atoms with van der Waals surface area (Å²) in [6.07, 6.45) is 1.01. The Morgan fingerprint density at radius 1 is 1.23 bits per heavy atom. The quantitative estimate of drug-likeness (QED) is 0.894. The number of hydrogen-bond acceptors (Lipinski definition) is 3. The van der Waals surface area contributed by atoms with Crippen molar-refractivity contribution < 1.29 is 19.0 Å². The lowest BCUT2D eigenvalue weighted by Crippen LogP contribution is -2.52. The van der Waals surface area contributed by atoms with Crippen molar-refractivity contribution in [2.75, 3.05) is 13.7 Å². The van der Waals surface area contributed by atoms with Crippen molar-refractivity contribution >= 4 is 5.91 Å². The van der Waals surface area contributed by atoms with E-state index in [0.717, 1.165) is 12.0 Å². The number of aliphatic hydroxyl groups excluding tert-OH is 1. The molecule has 3 rings (SSSR count). The van der Waals surface area contributed by atoms with Gasteiger partial charge in [0.05, 0.1) is 18.8 Å². The van der Waals surface area contributed by atoms with Crippen LogP contribution < -0.4 is 0 Å². The van der Waals surface area contributed by atoms with Gasteiger partial charge in [-0.1, -0.05) is 30.3 Å². The predicted molar refractivity (Wildman–Crippen MR) is 97.3 cm³/mol. The molecule has 1 aliphatic rings. The average molecular weight is 357 g/mol. The Morgan fingerprint density at radius 2 is 1.96 bits per heavy atom. The standard InChI is InChI=1S/C21H24FNO3/c1-26-14-15-8-10-16(11-9-15)21(25)23-12-4-7-20(24)19(23)13-17-5-2-3-6-18(17)22/h2-3,5-6,8-11,19-20,24H,4,7,12-14H2,1H3/t19-,20-/m0/s1. The van der Waals surface area contributed by atoms with Crippen LogP contribution >= 0.6 is 0 Å². The number of rotatable bonds is 5. The Labute approximate surface area is 153 Å². The van der Waals surface area contributed by atoms with Crippen LogP contribution in [-0.2, 0) is 17.8 Å². The van der Waals surface area contributed by atoms with E-state index in [0.29, 0.717) is 37.1 Å². The summed E-state index contributed by atoms with van der Waals surface area (Å²) in [5, 5.41) is 10.5. The topological polar surface area (TPSA) is 49.8 Å². The van der Waals surface area contributed by atoms with Gasteiger partial charge in [0.25, 0.3) is 5.91 Å². The van der Waals surface area contributed by atoms with Crippen molar-refractivity contribution in [3.8, 4) is 0 Å². The highest BCUT2D eigenvalue weighted by atomic mass is 19.1. The van der Waals surface area contributed by atoms with Gasteiger partial charge < -0.3 is 14.7 Å². The second-order valence-corrected chi connectivity index (χ2v) is 6.70. The number of nitrogens with zero attached hydrogens (tertiary/aromatic N) is 1. The molecule has 0 unspecified atom stereocenters. The fourth-order valence-corrected chi connectivity index (χ4v) is 3.50. The molecule has 1 aliphatic heterocycles. The fourth-order valence-electron chi connectivity index (χ4n) is 3.50. The third-order valence-electron chi connectivity index (χ3n) is 4.90. The van der Waals surface area contributed by atoms with Gasteiger partial charge in [-0.25, -0.2) is 4.39 Å². The van der Waals surface area contributed by atoms with E-state index in [2.05, 4.69) is 0 Å². The van der Waals surface area contributed by atoms with E-state index in [1.807, 2.05) is 12.1 Å². The van der Waals surface area contributed by atoms with Crippen LogP contribution in [0.4, 0.5) is 4.39 Å². The number of methoxy groups -OCH3 is 1. The number of benzene rings is 2. The first kappa shape index (κ1) is 18.5. The third-order valence-corrected chi connectivity index (χ3v) is 4.90. The van der Waals surface area contributed by atoms with E-state index in [9.17, 15) is 14.3 Å². The lowest BCUT2D eigenvalue weighted by molar-refractivity contribution is 0.0116. The van der Waals surface area contributed by atoms with Gasteiger partial charge in [-0.2, -0.15) is 0 Å². The zero-order valence-corrected chi connectivity index (χ0v) is 14.9. The van der Waals surface area contributed by atoms with Crippen LogP contribution in [0.1, 0.15) is 34.3 Å². The summed E-state index contributed by atoms with van der Waals surface area (Å²) in [6, 6.07) is 13.4. The second kappa shape index (κ2) is 8.43. The van der Waals surface area contributed by atoms with Crippen molar-refractivity contribution in [1.29, 1.82) is 0 Å². The highest BCUT2D eigenvalue weighted by Crippen LogP contribution is 2.24. The van der Waals surface area contributed by atoms with Gasteiger partial charge in [0.15, 0.2) is 0 Å². The summed E-state index contributed by atoms with van der Waals surface area (Å²) < 4.78 is 19.1. The summed E-state index contributed by atoms with van der Waals surface area (Å²) in [6.45, 7) is 1.06. The molecule has 0 radical (unpaired) electrons. The first-order chi connectivity index (χ1) is 12.6. The molecule has 4 nitrogen and oxygen atoms in total. The minimum atomic E-state index is -0.653. The number of hydrogen-bond donors (Lipinski definition) is 1. The largest absolute Gasteiger partial charge is 0.391 e. The molecular weight excluding hydrogens is 333 g/mol. The van der Waals surface area contributed by atoms with Crippen molar-refractivity contribution in [3.05, 3.63) is 71.0 Å². The van der Waals surface area contributed by atoms with E-state index >= 15 is 0 Å². The van der Waals surface area contributed by atoms with Gasteiger partial charge >= 0.3 is 0 Å². The van der Waals surface area contributed by atoms with Gasteiger partial charge in [-0.05, 0) is 48.6 Å². The summed E-state index contributed by atoms with van der Waals surface area (Å²) in [4.78, 5) is 14.7. The maximum atomic E-state index is 14.0. The van der Waals surface area contributed by atoms with Crippen LogP contribution in [0.15, 0.2) is 48.5 Å². The van der Waals surface area contributed by atoms with E-state index < -0.39 is 12.1 Å². The van der Waals surface area contributed by atoms with Gasteiger partial charge in [0.2, 0.25) is 0 Å². The number of aliphatic hydroxyl groups is 1. The molecule has 0 saturated carbocycles. The first-order valence-corrected chi connectivity index (χ1v) is 8.90. The Morgan fingerprint density at radius 3 is 2.65 bits per heavy atom. The van der Waals surface area contributed by atoms with Gasteiger partial charge in [0, 0.05) is 19.2 Å². The van der Waals surface area contributed by atoms with Crippen LogP contribution in [-0.4, -0.2) is 41.7 Å². The highest BCUT2D eigenvalue weighted by Gasteiger charge is 2.34. The summed E-state index contributed by atoms with van der Waals surface area (Å²) in [5.41, 5.74) is 2.08. The lowest BCUT2D eigenvalue weighted by atomic mass is 9.92. The van der Waals surface area contributed by atoms with Crippen LogP contribution in [0.2, 0.25) is 0 Å². The van der Waals surface area contributed by atoms with Gasteiger partial charge in [-0.3, -0.25) is 4.79 Å². The molecule has 5 heteroatoms. The molecular formula is C21H24FNO3. The number of carbonyl (C=O) groups excluding carboxylic acids is 1. The predicted octanol–water partition coefficient (Wildman–Crippen LogP) is 3.18. The summed E-state index contributed by atoms with van der Waals surface area (Å²) >= 11 is 0. The number of piperidine rings is 1. The normalized spacial score (nSPS) is 20.2. The average Bonchev–Trinajstić information content (AvgIpc) is 2.65. The Hall–Kier alpha value is -2.24.